The third-order valence-electron chi connectivity index (χ3n) is 2.75. The van der Waals surface area contributed by atoms with Crippen molar-refractivity contribution < 1.29 is 9.47 Å². The summed E-state index contributed by atoms with van der Waals surface area (Å²) in [6, 6.07) is 5.84. The highest BCUT2D eigenvalue weighted by atomic mass is 16.7. The number of nitrogens with two attached hydrogens (primary N) is 1. The maximum atomic E-state index is 5.57. The number of rotatable bonds is 3. The minimum atomic E-state index is 0.290. The average molecular weight is 231 g/mol. The van der Waals surface area contributed by atoms with E-state index in [1.165, 1.54) is 0 Å². The number of hydrogen-bond donors (Lipinski definition) is 1. The largest absolute Gasteiger partial charge is 0.454 e. The Labute approximate surface area is 98.8 Å². The van der Waals surface area contributed by atoms with Crippen LogP contribution in [0.15, 0.2) is 30.7 Å². The SMILES string of the molecule is NCCc1cncn1-c1ccc2c(c1)OCO2. The fourth-order valence-corrected chi connectivity index (χ4v) is 1.92. The number of nitrogens with zero attached hydrogens (tertiary/aromatic N) is 2. The lowest BCUT2D eigenvalue weighted by atomic mass is 10.2. The Kier molecular flexibility index (Phi) is 2.45. The zero-order valence-electron chi connectivity index (χ0n) is 9.30. The molecule has 5 heteroatoms. The van der Waals surface area contributed by atoms with E-state index in [0.717, 1.165) is 29.3 Å². The second-order valence-corrected chi connectivity index (χ2v) is 3.83. The number of hydrogen-bond acceptors (Lipinski definition) is 4. The lowest BCUT2D eigenvalue weighted by Gasteiger charge is -2.08. The smallest absolute Gasteiger partial charge is 0.231 e. The first-order chi connectivity index (χ1) is 8.38. The predicted molar refractivity (Wildman–Crippen MR) is 62.4 cm³/mol. The highest BCUT2D eigenvalue weighted by Crippen LogP contribution is 2.33. The number of ether oxygens (including phenoxy) is 2. The first-order valence-corrected chi connectivity index (χ1v) is 5.50. The van der Waals surface area contributed by atoms with Gasteiger partial charge in [-0.3, -0.25) is 0 Å². The van der Waals surface area contributed by atoms with Crippen LogP contribution in [0.4, 0.5) is 0 Å². The van der Waals surface area contributed by atoms with Crippen LogP contribution in [0.3, 0.4) is 0 Å². The van der Waals surface area contributed by atoms with Crippen molar-refractivity contribution in [1.82, 2.24) is 9.55 Å². The second-order valence-electron chi connectivity index (χ2n) is 3.83. The summed E-state index contributed by atoms with van der Waals surface area (Å²) in [6.07, 6.45) is 4.41. The fraction of sp³-hybridized carbons (Fsp3) is 0.250. The minimum absolute atomic E-state index is 0.290. The van der Waals surface area contributed by atoms with Crippen LogP contribution in [-0.4, -0.2) is 22.9 Å². The summed E-state index contributed by atoms with van der Waals surface area (Å²) in [5, 5.41) is 0. The first-order valence-electron chi connectivity index (χ1n) is 5.50. The van der Waals surface area contributed by atoms with Crippen LogP contribution in [-0.2, 0) is 6.42 Å². The zero-order valence-corrected chi connectivity index (χ0v) is 9.30. The van der Waals surface area contributed by atoms with Crippen molar-refractivity contribution in [3.63, 3.8) is 0 Å². The molecule has 0 aliphatic carbocycles. The van der Waals surface area contributed by atoms with Gasteiger partial charge in [-0.2, -0.15) is 0 Å². The van der Waals surface area contributed by atoms with E-state index in [1.807, 2.05) is 29.0 Å². The van der Waals surface area contributed by atoms with Crippen molar-refractivity contribution >= 4 is 0 Å². The summed E-state index contributed by atoms with van der Waals surface area (Å²) in [5.41, 5.74) is 7.67. The van der Waals surface area contributed by atoms with E-state index in [9.17, 15) is 0 Å². The van der Waals surface area contributed by atoms with Crippen molar-refractivity contribution in [1.29, 1.82) is 0 Å². The Morgan fingerprint density at radius 2 is 2.18 bits per heavy atom. The molecule has 2 heterocycles. The molecule has 88 valence electrons. The first kappa shape index (κ1) is 10.2. The molecule has 1 aliphatic heterocycles. The topological polar surface area (TPSA) is 62.3 Å². The van der Waals surface area contributed by atoms with Gasteiger partial charge in [-0.25, -0.2) is 4.98 Å². The number of aromatic nitrogens is 2. The molecular formula is C12H13N3O2. The van der Waals surface area contributed by atoms with Crippen LogP contribution in [0.25, 0.3) is 5.69 Å². The van der Waals surface area contributed by atoms with E-state index in [-0.39, 0.29) is 0 Å². The van der Waals surface area contributed by atoms with Gasteiger partial charge in [0.15, 0.2) is 11.5 Å². The summed E-state index contributed by atoms with van der Waals surface area (Å²) in [7, 11) is 0. The van der Waals surface area contributed by atoms with E-state index in [4.69, 9.17) is 15.2 Å². The van der Waals surface area contributed by atoms with Crippen molar-refractivity contribution in [3.8, 4) is 17.2 Å². The molecule has 0 unspecified atom stereocenters. The molecule has 0 saturated heterocycles. The molecule has 0 amide bonds. The zero-order chi connectivity index (χ0) is 11.7. The van der Waals surface area contributed by atoms with Gasteiger partial charge in [0.05, 0.1) is 12.0 Å². The molecule has 0 saturated carbocycles. The molecule has 0 spiro atoms. The third kappa shape index (κ3) is 1.74. The van der Waals surface area contributed by atoms with Gasteiger partial charge in [-0.05, 0) is 18.7 Å². The van der Waals surface area contributed by atoms with Gasteiger partial charge in [0.2, 0.25) is 6.79 Å². The highest BCUT2D eigenvalue weighted by molar-refractivity contribution is 5.50. The quantitative estimate of drug-likeness (QED) is 0.859. The van der Waals surface area contributed by atoms with Crippen molar-refractivity contribution in [3.05, 3.63) is 36.4 Å². The third-order valence-corrected chi connectivity index (χ3v) is 2.75. The van der Waals surface area contributed by atoms with E-state index >= 15 is 0 Å². The van der Waals surface area contributed by atoms with Gasteiger partial charge in [-0.1, -0.05) is 0 Å². The Hall–Kier alpha value is -2.01. The summed E-state index contributed by atoms with van der Waals surface area (Å²) < 4.78 is 12.6. The molecule has 2 aromatic rings. The summed E-state index contributed by atoms with van der Waals surface area (Å²) in [4.78, 5) is 4.15. The van der Waals surface area contributed by atoms with Gasteiger partial charge in [0.1, 0.15) is 0 Å². The van der Waals surface area contributed by atoms with Crippen molar-refractivity contribution in [2.24, 2.45) is 5.73 Å². The molecule has 2 N–H and O–H groups in total. The van der Waals surface area contributed by atoms with Crippen molar-refractivity contribution in [2.75, 3.05) is 13.3 Å². The second kappa shape index (κ2) is 4.10. The van der Waals surface area contributed by atoms with Crippen LogP contribution in [0.5, 0.6) is 11.5 Å². The maximum absolute atomic E-state index is 5.57. The van der Waals surface area contributed by atoms with Gasteiger partial charge in [0.25, 0.3) is 0 Å². The molecule has 0 fully saturated rings. The van der Waals surface area contributed by atoms with Gasteiger partial charge >= 0.3 is 0 Å². The summed E-state index contributed by atoms with van der Waals surface area (Å²) >= 11 is 0. The molecule has 0 bridgehead atoms. The standard InChI is InChI=1S/C12H13N3O2/c13-4-3-10-6-14-7-15(10)9-1-2-11-12(5-9)17-8-16-11/h1-2,5-7H,3-4,8,13H2. The minimum Gasteiger partial charge on any atom is -0.454 e. The van der Waals surface area contributed by atoms with Crippen LogP contribution < -0.4 is 15.2 Å². The number of benzene rings is 1. The number of fused-ring (bicyclic) bond motifs is 1. The molecule has 5 nitrogen and oxygen atoms in total. The van der Waals surface area contributed by atoms with E-state index in [1.54, 1.807) is 6.33 Å². The molecule has 0 atom stereocenters. The van der Waals surface area contributed by atoms with E-state index < -0.39 is 0 Å². The van der Waals surface area contributed by atoms with Crippen LogP contribution in [0.1, 0.15) is 5.69 Å². The molecule has 1 aromatic carbocycles. The molecular weight excluding hydrogens is 218 g/mol. The normalized spacial score (nSPS) is 13.0. The Morgan fingerprint density at radius 1 is 1.29 bits per heavy atom. The summed E-state index contributed by atoms with van der Waals surface area (Å²) in [5.74, 6) is 1.56. The lowest BCUT2D eigenvalue weighted by molar-refractivity contribution is 0.174. The number of imidazole rings is 1. The van der Waals surface area contributed by atoms with E-state index in [2.05, 4.69) is 4.98 Å². The summed E-state index contributed by atoms with van der Waals surface area (Å²) in [6.45, 7) is 0.897. The van der Waals surface area contributed by atoms with Gasteiger partial charge in [-0.15, -0.1) is 0 Å². The molecule has 1 aliphatic rings. The Bertz CT molecular complexity index is 536. The van der Waals surface area contributed by atoms with Crippen LogP contribution in [0.2, 0.25) is 0 Å². The molecule has 1 aromatic heterocycles. The van der Waals surface area contributed by atoms with E-state index in [0.29, 0.717) is 13.3 Å². The fourth-order valence-electron chi connectivity index (χ4n) is 1.92. The van der Waals surface area contributed by atoms with Gasteiger partial charge in [0, 0.05) is 24.4 Å². The predicted octanol–water partition coefficient (Wildman–Crippen LogP) is 1.10. The lowest BCUT2D eigenvalue weighted by Crippen LogP contribution is -2.07. The monoisotopic (exact) mass is 231 g/mol. The van der Waals surface area contributed by atoms with Crippen LogP contribution >= 0.6 is 0 Å². The molecule has 3 rings (SSSR count). The van der Waals surface area contributed by atoms with Gasteiger partial charge < -0.3 is 19.8 Å². The highest BCUT2D eigenvalue weighted by Gasteiger charge is 2.14. The Morgan fingerprint density at radius 3 is 3.06 bits per heavy atom. The van der Waals surface area contributed by atoms with Crippen molar-refractivity contribution in [2.45, 2.75) is 6.42 Å². The molecule has 0 radical (unpaired) electrons. The molecule has 17 heavy (non-hydrogen) atoms. The average Bonchev–Trinajstić information content (AvgIpc) is 2.96. The maximum Gasteiger partial charge on any atom is 0.231 e. The van der Waals surface area contributed by atoms with Crippen LogP contribution in [0, 0.1) is 0 Å². The Balaban J connectivity index is 2.00.